The molecule has 0 aliphatic rings. The molecule has 0 radical (unpaired) electrons. The molecular formula is C15H12N2O4. The van der Waals surface area contributed by atoms with Crippen molar-refractivity contribution in [2.45, 2.75) is 0 Å². The highest BCUT2D eigenvalue weighted by Crippen LogP contribution is 2.29. The first-order valence-corrected chi connectivity index (χ1v) is 6.04. The second-order valence-electron chi connectivity index (χ2n) is 4.10. The standard InChI is InChI=1S/C15H12N2O4/c16-7-8-21-11-4-1-3-10(9-11)17-15(20)12-5-2-6-13(18)14(12)19/h1-6,9,18-19H,8H2,(H,17,20). The average Bonchev–Trinajstić information content (AvgIpc) is 2.48. The van der Waals surface area contributed by atoms with E-state index in [2.05, 4.69) is 5.32 Å². The van der Waals surface area contributed by atoms with Gasteiger partial charge in [0.25, 0.3) is 5.91 Å². The molecule has 0 aliphatic heterocycles. The van der Waals surface area contributed by atoms with Crippen LogP contribution in [-0.2, 0) is 0 Å². The molecule has 21 heavy (non-hydrogen) atoms. The van der Waals surface area contributed by atoms with E-state index in [1.807, 2.05) is 6.07 Å². The summed E-state index contributed by atoms with van der Waals surface area (Å²) in [5, 5.41) is 30.0. The molecule has 2 rings (SSSR count). The Hall–Kier alpha value is -3.20. The maximum Gasteiger partial charge on any atom is 0.259 e. The quantitative estimate of drug-likeness (QED) is 0.747. The Kier molecular flexibility index (Phi) is 4.26. The van der Waals surface area contributed by atoms with Crippen molar-refractivity contribution in [2.75, 3.05) is 11.9 Å². The lowest BCUT2D eigenvalue weighted by molar-refractivity contribution is 0.102. The topological polar surface area (TPSA) is 103 Å². The zero-order valence-corrected chi connectivity index (χ0v) is 10.9. The molecule has 2 aromatic carbocycles. The number of para-hydroxylation sites is 1. The molecule has 0 aliphatic carbocycles. The number of carbonyl (C=O) groups excluding carboxylic acids is 1. The molecule has 106 valence electrons. The monoisotopic (exact) mass is 284 g/mol. The third-order valence-electron chi connectivity index (χ3n) is 2.65. The number of benzene rings is 2. The molecule has 3 N–H and O–H groups in total. The molecule has 0 aromatic heterocycles. The third kappa shape index (κ3) is 3.42. The van der Waals surface area contributed by atoms with Crippen LogP contribution in [0, 0.1) is 11.3 Å². The molecule has 2 aromatic rings. The Morgan fingerprint density at radius 3 is 2.76 bits per heavy atom. The number of hydrogen-bond donors (Lipinski definition) is 3. The number of aromatic hydroxyl groups is 2. The molecule has 0 atom stereocenters. The summed E-state index contributed by atoms with van der Waals surface area (Å²) >= 11 is 0. The predicted molar refractivity (Wildman–Crippen MR) is 75.3 cm³/mol. The van der Waals surface area contributed by atoms with Gasteiger partial charge in [0.2, 0.25) is 0 Å². The molecule has 1 amide bonds. The summed E-state index contributed by atoms with van der Waals surface area (Å²) in [5.74, 6) is -0.976. The van der Waals surface area contributed by atoms with Crippen molar-refractivity contribution >= 4 is 11.6 Å². The average molecular weight is 284 g/mol. The van der Waals surface area contributed by atoms with E-state index in [1.54, 1.807) is 24.3 Å². The fourth-order valence-electron chi connectivity index (χ4n) is 1.69. The maximum atomic E-state index is 12.0. The molecule has 6 nitrogen and oxygen atoms in total. The minimum atomic E-state index is -0.569. The summed E-state index contributed by atoms with van der Waals surface area (Å²) in [4.78, 5) is 12.0. The second kappa shape index (κ2) is 6.30. The fourth-order valence-corrected chi connectivity index (χ4v) is 1.69. The van der Waals surface area contributed by atoms with Crippen LogP contribution in [0.15, 0.2) is 42.5 Å². The zero-order valence-electron chi connectivity index (χ0n) is 10.9. The minimum Gasteiger partial charge on any atom is -0.504 e. The Labute approximate surface area is 120 Å². The van der Waals surface area contributed by atoms with E-state index in [0.29, 0.717) is 11.4 Å². The maximum absolute atomic E-state index is 12.0. The molecule has 6 heteroatoms. The van der Waals surface area contributed by atoms with Gasteiger partial charge >= 0.3 is 0 Å². The van der Waals surface area contributed by atoms with Gasteiger partial charge in [-0.1, -0.05) is 12.1 Å². The number of amides is 1. The first-order valence-electron chi connectivity index (χ1n) is 6.04. The number of anilines is 1. The van der Waals surface area contributed by atoms with Crippen molar-refractivity contribution in [3.8, 4) is 23.3 Å². The van der Waals surface area contributed by atoms with Crippen LogP contribution in [0.2, 0.25) is 0 Å². The number of phenols is 2. The lowest BCUT2D eigenvalue weighted by atomic mass is 10.1. The van der Waals surface area contributed by atoms with Gasteiger partial charge in [0.05, 0.1) is 5.56 Å². The van der Waals surface area contributed by atoms with E-state index in [-0.39, 0.29) is 17.9 Å². The number of phenolic OH excluding ortho intramolecular Hbond substituents is 2. The Balaban J connectivity index is 2.16. The highest BCUT2D eigenvalue weighted by molar-refractivity contribution is 6.06. The first kappa shape index (κ1) is 14.2. The van der Waals surface area contributed by atoms with Crippen LogP contribution in [0.1, 0.15) is 10.4 Å². The summed E-state index contributed by atoms with van der Waals surface area (Å²) in [6, 6.07) is 12.5. The highest BCUT2D eigenvalue weighted by atomic mass is 16.5. The third-order valence-corrected chi connectivity index (χ3v) is 2.65. The van der Waals surface area contributed by atoms with Crippen molar-refractivity contribution in [3.05, 3.63) is 48.0 Å². The zero-order chi connectivity index (χ0) is 15.2. The number of hydrogen-bond acceptors (Lipinski definition) is 5. The van der Waals surface area contributed by atoms with Gasteiger partial charge in [0.15, 0.2) is 18.1 Å². The van der Waals surface area contributed by atoms with E-state index in [0.717, 1.165) is 0 Å². The van der Waals surface area contributed by atoms with Crippen molar-refractivity contribution in [2.24, 2.45) is 0 Å². The minimum absolute atomic E-state index is 0.0432. The van der Waals surface area contributed by atoms with Crippen LogP contribution in [0.25, 0.3) is 0 Å². The predicted octanol–water partition coefficient (Wildman–Crippen LogP) is 2.25. The smallest absolute Gasteiger partial charge is 0.259 e. The molecule has 0 fully saturated rings. The molecule has 0 saturated carbocycles. The number of nitriles is 1. The molecule has 0 spiro atoms. The largest absolute Gasteiger partial charge is 0.504 e. The van der Waals surface area contributed by atoms with Gasteiger partial charge in [-0.3, -0.25) is 4.79 Å². The van der Waals surface area contributed by atoms with Crippen molar-refractivity contribution < 1.29 is 19.7 Å². The van der Waals surface area contributed by atoms with Crippen LogP contribution < -0.4 is 10.1 Å². The van der Waals surface area contributed by atoms with Crippen LogP contribution in [0.3, 0.4) is 0 Å². The van der Waals surface area contributed by atoms with Gasteiger partial charge in [-0.05, 0) is 24.3 Å². The highest BCUT2D eigenvalue weighted by Gasteiger charge is 2.14. The van der Waals surface area contributed by atoms with E-state index in [1.165, 1.54) is 18.2 Å². The van der Waals surface area contributed by atoms with Crippen LogP contribution in [-0.4, -0.2) is 22.7 Å². The van der Waals surface area contributed by atoms with Crippen molar-refractivity contribution in [3.63, 3.8) is 0 Å². The van der Waals surface area contributed by atoms with E-state index in [4.69, 9.17) is 10.00 Å². The molecule has 0 saturated heterocycles. The fraction of sp³-hybridized carbons (Fsp3) is 0.0667. The van der Waals surface area contributed by atoms with Crippen LogP contribution >= 0.6 is 0 Å². The van der Waals surface area contributed by atoms with E-state index in [9.17, 15) is 15.0 Å². The van der Waals surface area contributed by atoms with Gasteiger partial charge < -0.3 is 20.3 Å². The number of nitrogens with zero attached hydrogens (tertiary/aromatic N) is 1. The number of carbonyl (C=O) groups is 1. The summed E-state index contributed by atoms with van der Waals surface area (Å²) in [7, 11) is 0. The number of nitrogens with one attached hydrogen (secondary N) is 1. The molecule has 0 bridgehead atoms. The van der Waals surface area contributed by atoms with E-state index < -0.39 is 11.7 Å². The summed E-state index contributed by atoms with van der Waals surface area (Å²) in [6.45, 7) is -0.0925. The van der Waals surface area contributed by atoms with Gasteiger partial charge in [-0.2, -0.15) is 5.26 Å². The summed E-state index contributed by atoms with van der Waals surface area (Å²) in [6.07, 6.45) is 0. The number of rotatable bonds is 4. The SMILES string of the molecule is N#CCOc1cccc(NC(=O)c2cccc(O)c2O)c1. The Bertz CT molecular complexity index is 707. The molecule has 0 unspecified atom stereocenters. The van der Waals surface area contributed by atoms with Gasteiger partial charge in [-0.15, -0.1) is 0 Å². The van der Waals surface area contributed by atoms with Crippen molar-refractivity contribution in [1.82, 2.24) is 0 Å². The lowest BCUT2D eigenvalue weighted by Gasteiger charge is -2.09. The van der Waals surface area contributed by atoms with E-state index >= 15 is 0 Å². The Morgan fingerprint density at radius 2 is 2.00 bits per heavy atom. The van der Waals surface area contributed by atoms with Crippen molar-refractivity contribution in [1.29, 1.82) is 5.26 Å². The Morgan fingerprint density at radius 1 is 1.24 bits per heavy atom. The van der Waals surface area contributed by atoms with Crippen LogP contribution in [0.4, 0.5) is 5.69 Å². The van der Waals surface area contributed by atoms with Gasteiger partial charge in [0.1, 0.15) is 11.8 Å². The lowest BCUT2D eigenvalue weighted by Crippen LogP contribution is -2.12. The molecule has 0 heterocycles. The normalized spacial score (nSPS) is 9.67. The van der Waals surface area contributed by atoms with Gasteiger partial charge in [0, 0.05) is 11.8 Å². The number of ether oxygens (including phenoxy) is 1. The molecular weight excluding hydrogens is 272 g/mol. The summed E-state index contributed by atoms with van der Waals surface area (Å²) in [5.41, 5.74) is 0.400. The first-order chi connectivity index (χ1) is 10.1. The van der Waals surface area contributed by atoms with Crippen LogP contribution in [0.5, 0.6) is 17.2 Å². The van der Waals surface area contributed by atoms with Gasteiger partial charge in [-0.25, -0.2) is 0 Å². The summed E-state index contributed by atoms with van der Waals surface area (Å²) < 4.78 is 5.12. The second-order valence-corrected chi connectivity index (χ2v) is 4.10.